The zero-order valence-electron chi connectivity index (χ0n) is 8.28. The predicted octanol–water partition coefficient (Wildman–Crippen LogP) is 1.53. The Kier molecular flexibility index (Phi) is 3.22. The molecule has 0 radical (unpaired) electrons. The lowest BCUT2D eigenvalue weighted by Gasteiger charge is -2.18. The molecule has 0 aliphatic heterocycles. The Morgan fingerprint density at radius 2 is 2.43 bits per heavy atom. The Morgan fingerprint density at radius 3 is 3.14 bits per heavy atom. The molecule has 1 aromatic rings. The lowest BCUT2D eigenvalue weighted by atomic mass is 10.1. The van der Waals surface area contributed by atoms with Crippen LogP contribution in [0.1, 0.15) is 25.0 Å². The minimum atomic E-state index is 0.301. The van der Waals surface area contributed by atoms with E-state index in [4.69, 9.17) is 9.52 Å². The second-order valence-corrected chi connectivity index (χ2v) is 3.94. The number of hydrogen-bond acceptors (Lipinski definition) is 3. The molecule has 0 spiro atoms. The first-order chi connectivity index (χ1) is 6.90. The molecule has 3 heteroatoms. The quantitative estimate of drug-likeness (QED) is 0.765. The molecule has 2 N–H and O–H groups in total. The van der Waals surface area contributed by atoms with Crippen molar-refractivity contribution >= 4 is 0 Å². The van der Waals surface area contributed by atoms with E-state index in [1.165, 1.54) is 12.8 Å². The number of rotatable bonds is 4. The van der Waals surface area contributed by atoms with Crippen molar-refractivity contribution in [2.75, 3.05) is 6.61 Å². The third-order valence-electron chi connectivity index (χ3n) is 3.01. The molecule has 2 unspecified atom stereocenters. The molecule has 1 saturated carbocycles. The Bertz CT molecular complexity index is 258. The first-order valence-corrected chi connectivity index (χ1v) is 5.27. The summed E-state index contributed by atoms with van der Waals surface area (Å²) in [5.74, 6) is 1.40. The molecule has 0 saturated heterocycles. The van der Waals surface area contributed by atoms with Crippen LogP contribution in [-0.2, 0) is 6.54 Å². The van der Waals surface area contributed by atoms with Crippen molar-refractivity contribution in [2.24, 2.45) is 5.92 Å². The summed E-state index contributed by atoms with van der Waals surface area (Å²) in [5.41, 5.74) is 0. The molecule has 3 nitrogen and oxygen atoms in total. The van der Waals surface area contributed by atoms with Gasteiger partial charge in [0.1, 0.15) is 5.76 Å². The normalized spacial score (nSPS) is 26.9. The van der Waals surface area contributed by atoms with Crippen LogP contribution in [0.5, 0.6) is 0 Å². The van der Waals surface area contributed by atoms with Gasteiger partial charge in [-0.2, -0.15) is 0 Å². The van der Waals surface area contributed by atoms with Crippen LogP contribution < -0.4 is 5.32 Å². The van der Waals surface area contributed by atoms with E-state index in [-0.39, 0.29) is 0 Å². The van der Waals surface area contributed by atoms with Gasteiger partial charge in [0.2, 0.25) is 0 Å². The Morgan fingerprint density at radius 1 is 1.50 bits per heavy atom. The molecule has 1 fully saturated rings. The van der Waals surface area contributed by atoms with Gasteiger partial charge in [-0.3, -0.25) is 0 Å². The third kappa shape index (κ3) is 2.16. The van der Waals surface area contributed by atoms with Gasteiger partial charge in [-0.05, 0) is 30.9 Å². The SMILES string of the molecule is OCC1CCCC1NCc1ccco1. The lowest BCUT2D eigenvalue weighted by Crippen LogP contribution is -2.33. The molecular formula is C11H17NO2. The third-order valence-corrected chi connectivity index (χ3v) is 3.01. The van der Waals surface area contributed by atoms with Crippen molar-refractivity contribution < 1.29 is 9.52 Å². The maximum absolute atomic E-state index is 9.13. The monoisotopic (exact) mass is 195 g/mol. The van der Waals surface area contributed by atoms with Crippen molar-refractivity contribution in [1.82, 2.24) is 5.32 Å². The molecule has 1 heterocycles. The van der Waals surface area contributed by atoms with E-state index in [9.17, 15) is 0 Å². The fraction of sp³-hybridized carbons (Fsp3) is 0.636. The summed E-state index contributed by atoms with van der Waals surface area (Å²) >= 11 is 0. The molecule has 78 valence electrons. The number of hydrogen-bond donors (Lipinski definition) is 2. The van der Waals surface area contributed by atoms with Crippen LogP contribution in [0.25, 0.3) is 0 Å². The van der Waals surface area contributed by atoms with Crippen molar-refractivity contribution in [2.45, 2.75) is 31.8 Å². The Balaban J connectivity index is 1.80. The molecule has 0 bridgehead atoms. The van der Waals surface area contributed by atoms with Gasteiger partial charge in [0.25, 0.3) is 0 Å². The van der Waals surface area contributed by atoms with Gasteiger partial charge in [0.05, 0.1) is 12.8 Å². The Labute approximate surface area is 84.1 Å². The van der Waals surface area contributed by atoms with Crippen molar-refractivity contribution in [1.29, 1.82) is 0 Å². The van der Waals surface area contributed by atoms with E-state index in [1.54, 1.807) is 6.26 Å². The number of aliphatic hydroxyl groups excluding tert-OH is 1. The topological polar surface area (TPSA) is 45.4 Å². The highest BCUT2D eigenvalue weighted by molar-refractivity contribution is 4.98. The van der Waals surface area contributed by atoms with E-state index >= 15 is 0 Å². The minimum Gasteiger partial charge on any atom is -0.468 e. The maximum atomic E-state index is 9.13. The van der Waals surface area contributed by atoms with Gasteiger partial charge in [-0.25, -0.2) is 0 Å². The summed E-state index contributed by atoms with van der Waals surface area (Å²) in [6.07, 6.45) is 5.23. The summed E-state index contributed by atoms with van der Waals surface area (Å²) in [5, 5.41) is 12.6. The summed E-state index contributed by atoms with van der Waals surface area (Å²) in [7, 11) is 0. The minimum absolute atomic E-state index is 0.301. The lowest BCUT2D eigenvalue weighted by molar-refractivity contribution is 0.203. The molecule has 2 rings (SSSR count). The highest BCUT2D eigenvalue weighted by atomic mass is 16.3. The second-order valence-electron chi connectivity index (χ2n) is 3.94. The smallest absolute Gasteiger partial charge is 0.117 e. The molecule has 1 aliphatic rings. The van der Waals surface area contributed by atoms with Crippen LogP contribution in [0.4, 0.5) is 0 Å². The number of aliphatic hydroxyl groups is 1. The van der Waals surface area contributed by atoms with Crippen LogP contribution in [0.3, 0.4) is 0 Å². The predicted molar refractivity (Wildman–Crippen MR) is 53.8 cm³/mol. The van der Waals surface area contributed by atoms with Gasteiger partial charge in [-0.15, -0.1) is 0 Å². The van der Waals surface area contributed by atoms with E-state index in [1.807, 2.05) is 12.1 Å². The van der Waals surface area contributed by atoms with Crippen molar-refractivity contribution in [3.63, 3.8) is 0 Å². The van der Waals surface area contributed by atoms with Gasteiger partial charge in [-0.1, -0.05) is 6.42 Å². The fourth-order valence-electron chi connectivity index (χ4n) is 2.17. The summed E-state index contributed by atoms with van der Waals surface area (Å²) in [6, 6.07) is 4.33. The summed E-state index contributed by atoms with van der Waals surface area (Å²) in [6.45, 7) is 1.07. The standard InChI is InChI=1S/C11H17NO2/c13-8-9-3-1-5-11(9)12-7-10-4-2-6-14-10/h2,4,6,9,11-13H,1,3,5,7-8H2. The molecule has 2 atom stereocenters. The second kappa shape index (κ2) is 4.62. The highest BCUT2D eigenvalue weighted by Gasteiger charge is 2.25. The van der Waals surface area contributed by atoms with Gasteiger partial charge in [0.15, 0.2) is 0 Å². The van der Waals surface area contributed by atoms with E-state index in [0.29, 0.717) is 18.6 Å². The molecule has 1 aromatic heterocycles. The summed E-state index contributed by atoms with van der Waals surface area (Å²) < 4.78 is 5.24. The first kappa shape index (κ1) is 9.74. The van der Waals surface area contributed by atoms with Crippen LogP contribution in [0.15, 0.2) is 22.8 Å². The van der Waals surface area contributed by atoms with E-state index < -0.39 is 0 Å². The van der Waals surface area contributed by atoms with Crippen LogP contribution >= 0.6 is 0 Å². The zero-order valence-corrected chi connectivity index (χ0v) is 8.28. The first-order valence-electron chi connectivity index (χ1n) is 5.27. The average Bonchev–Trinajstić information content (AvgIpc) is 2.85. The van der Waals surface area contributed by atoms with Crippen molar-refractivity contribution in [3.8, 4) is 0 Å². The summed E-state index contributed by atoms with van der Waals surface area (Å²) in [4.78, 5) is 0. The van der Waals surface area contributed by atoms with Crippen LogP contribution in [0.2, 0.25) is 0 Å². The van der Waals surface area contributed by atoms with E-state index in [0.717, 1.165) is 18.7 Å². The van der Waals surface area contributed by atoms with E-state index in [2.05, 4.69) is 5.32 Å². The Hall–Kier alpha value is -0.800. The molecule has 14 heavy (non-hydrogen) atoms. The number of nitrogens with one attached hydrogen (secondary N) is 1. The van der Waals surface area contributed by atoms with Crippen LogP contribution in [-0.4, -0.2) is 17.8 Å². The molecular weight excluding hydrogens is 178 g/mol. The largest absolute Gasteiger partial charge is 0.468 e. The maximum Gasteiger partial charge on any atom is 0.117 e. The molecule has 0 amide bonds. The van der Waals surface area contributed by atoms with Crippen molar-refractivity contribution in [3.05, 3.63) is 24.2 Å². The van der Waals surface area contributed by atoms with Gasteiger partial charge in [0, 0.05) is 12.6 Å². The molecule has 1 aliphatic carbocycles. The molecule has 0 aromatic carbocycles. The highest BCUT2D eigenvalue weighted by Crippen LogP contribution is 2.25. The van der Waals surface area contributed by atoms with Gasteiger partial charge < -0.3 is 14.8 Å². The zero-order chi connectivity index (χ0) is 9.80. The number of furan rings is 1. The van der Waals surface area contributed by atoms with Gasteiger partial charge >= 0.3 is 0 Å². The fourth-order valence-corrected chi connectivity index (χ4v) is 2.17. The average molecular weight is 195 g/mol. The van der Waals surface area contributed by atoms with Crippen LogP contribution in [0, 0.1) is 5.92 Å².